The molecule has 0 aliphatic carbocycles. The number of carbonyl (C=O) groups is 1. The maximum atomic E-state index is 11.4. The first-order valence-corrected chi connectivity index (χ1v) is 7.97. The maximum absolute atomic E-state index is 11.4. The van der Waals surface area contributed by atoms with Crippen LogP contribution in [0.3, 0.4) is 0 Å². The summed E-state index contributed by atoms with van der Waals surface area (Å²) >= 11 is 0. The highest BCUT2D eigenvalue weighted by atomic mass is 32.2. The Morgan fingerprint density at radius 2 is 1.76 bits per heavy atom. The molecule has 1 amide bonds. The molecule has 21 heavy (non-hydrogen) atoms. The molecule has 0 saturated heterocycles. The Morgan fingerprint density at radius 1 is 1.29 bits per heavy atom. The second kappa shape index (κ2) is 5.99. The summed E-state index contributed by atoms with van der Waals surface area (Å²) in [6.07, 6.45) is -0.0506. The van der Waals surface area contributed by atoms with Gasteiger partial charge in [0.2, 0.25) is 5.91 Å². The maximum Gasteiger partial charge on any atom is 0.272 e. The standard InChI is InChI=1S/C15H21NO4S/c1-10(14(16)17)13(21(18,19)20)9-11-5-7-12(8-6-11)15(2,3)4/h5-8,13H,1,9H2,2-4H3,(H2,16,17)(H,18,19,20). The van der Waals surface area contributed by atoms with Crippen molar-refractivity contribution >= 4 is 16.0 Å². The van der Waals surface area contributed by atoms with Crippen LogP contribution in [-0.4, -0.2) is 24.1 Å². The van der Waals surface area contributed by atoms with E-state index in [1.54, 1.807) is 12.1 Å². The van der Waals surface area contributed by atoms with Crippen molar-refractivity contribution in [2.24, 2.45) is 5.73 Å². The van der Waals surface area contributed by atoms with Crippen LogP contribution in [0.1, 0.15) is 31.9 Å². The largest absolute Gasteiger partial charge is 0.366 e. The van der Waals surface area contributed by atoms with Crippen LogP contribution in [-0.2, 0) is 26.7 Å². The fraction of sp³-hybridized carbons (Fsp3) is 0.400. The Hall–Kier alpha value is -1.66. The van der Waals surface area contributed by atoms with E-state index in [1.807, 2.05) is 12.1 Å². The average Bonchev–Trinajstić information content (AvgIpc) is 2.33. The molecule has 1 aromatic carbocycles. The van der Waals surface area contributed by atoms with Crippen LogP contribution >= 0.6 is 0 Å². The van der Waals surface area contributed by atoms with Gasteiger partial charge in [0.1, 0.15) is 5.25 Å². The van der Waals surface area contributed by atoms with Gasteiger partial charge in [-0.1, -0.05) is 51.6 Å². The third kappa shape index (κ3) is 4.68. The highest BCUT2D eigenvalue weighted by Gasteiger charge is 2.29. The van der Waals surface area contributed by atoms with E-state index in [0.29, 0.717) is 5.56 Å². The molecule has 0 aliphatic heterocycles. The van der Waals surface area contributed by atoms with Crippen LogP contribution in [0.15, 0.2) is 36.4 Å². The average molecular weight is 311 g/mol. The van der Waals surface area contributed by atoms with Crippen molar-refractivity contribution in [3.63, 3.8) is 0 Å². The summed E-state index contributed by atoms with van der Waals surface area (Å²) in [5, 5.41) is -1.42. The number of benzene rings is 1. The number of carbonyl (C=O) groups excluding carboxylic acids is 1. The first-order chi connectivity index (χ1) is 9.43. The Kier molecular flexibility index (Phi) is 4.96. The number of hydrogen-bond acceptors (Lipinski definition) is 3. The van der Waals surface area contributed by atoms with E-state index >= 15 is 0 Å². The third-order valence-electron chi connectivity index (χ3n) is 3.31. The zero-order valence-electron chi connectivity index (χ0n) is 12.5. The molecule has 6 heteroatoms. The Bertz CT molecular complexity index is 639. The molecule has 0 bridgehead atoms. The predicted molar refractivity (Wildman–Crippen MR) is 82.5 cm³/mol. The fourth-order valence-corrected chi connectivity index (χ4v) is 2.80. The molecule has 0 saturated carbocycles. The minimum atomic E-state index is -4.45. The van der Waals surface area contributed by atoms with Gasteiger partial charge < -0.3 is 5.73 Å². The van der Waals surface area contributed by atoms with Crippen LogP contribution in [0.2, 0.25) is 0 Å². The molecule has 0 fully saturated rings. The smallest absolute Gasteiger partial charge is 0.272 e. The first-order valence-electron chi connectivity index (χ1n) is 6.47. The summed E-state index contributed by atoms with van der Waals surface area (Å²) in [7, 11) is -4.45. The molecule has 0 aromatic heterocycles. The van der Waals surface area contributed by atoms with Gasteiger partial charge in [0, 0.05) is 5.57 Å². The molecular formula is C15H21NO4S. The van der Waals surface area contributed by atoms with Crippen LogP contribution in [0.25, 0.3) is 0 Å². The van der Waals surface area contributed by atoms with Crippen molar-refractivity contribution in [3.8, 4) is 0 Å². The second-order valence-corrected chi connectivity index (χ2v) is 7.64. The zero-order valence-corrected chi connectivity index (χ0v) is 13.3. The molecule has 1 atom stereocenters. The highest BCUT2D eigenvalue weighted by molar-refractivity contribution is 7.86. The first kappa shape index (κ1) is 17.4. The summed E-state index contributed by atoms with van der Waals surface area (Å²) in [6.45, 7) is 9.56. The van der Waals surface area contributed by atoms with Crippen molar-refractivity contribution in [1.29, 1.82) is 0 Å². The molecule has 0 aliphatic rings. The summed E-state index contributed by atoms with van der Waals surface area (Å²) in [5.41, 5.74) is 6.49. The van der Waals surface area contributed by atoms with Crippen LogP contribution in [0, 0.1) is 0 Å². The van der Waals surface area contributed by atoms with Gasteiger partial charge in [0.05, 0.1) is 0 Å². The Balaban J connectivity index is 3.06. The summed E-state index contributed by atoms with van der Waals surface area (Å²) in [5.74, 6) is -0.941. The summed E-state index contributed by atoms with van der Waals surface area (Å²) in [6, 6.07) is 7.33. The zero-order chi connectivity index (χ0) is 16.4. The minimum absolute atomic E-state index is 0.0161. The number of amides is 1. The lowest BCUT2D eigenvalue weighted by atomic mass is 9.86. The van der Waals surface area contributed by atoms with Crippen LogP contribution in [0.4, 0.5) is 0 Å². The fourth-order valence-electron chi connectivity index (χ4n) is 1.92. The van der Waals surface area contributed by atoms with Crippen molar-refractivity contribution in [2.75, 3.05) is 0 Å². The number of hydrogen-bond donors (Lipinski definition) is 2. The molecule has 1 aromatic rings. The number of primary amides is 1. The van der Waals surface area contributed by atoms with Gasteiger partial charge in [-0.2, -0.15) is 8.42 Å². The molecule has 5 nitrogen and oxygen atoms in total. The topological polar surface area (TPSA) is 97.5 Å². The quantitative estimate of drug-likeness (QED) is 0.640. The molecule has 3 N–H and O–H groups in total. The van der Waals surface area contributed by atoms with Crippen LogP contribution in [0.5, 0.6) is 0 Å². The van der Waals surface area contributed by atoms with Crippen molar-refractivity contribution in [2.45, 2.75) is 37.9 Å². The summed E-state index contributed by atoms with van der Waals surface area (Å²) < 4.78 is 32.0. The van der Waals surface area contributed by atoms with Crippen molar-refractivity contribution in [3.05, 3.63) is 47.5 Å². The molecule has 0 heterocycles. The lowest BCUT2D eigenvalue weighted by Crippen LogP contribution is -2.32. The van der Waals surface area contributed by atoms with E-state index in [1.165, 1.54) is 0 Å². The van der Waals surface area contributed by atoms with Crippen LogP contribution < -0.4 is 5.73 Å². The normalized spacial score (nSPS) is 13.7. The van der Waals surface area contributed by atoms with E-state index < -0.39 is 21.3 Å². The summed E-state index contributed by atoms with van der Waals surface area (Å²) in [4.78, 5) is 11.1. The van der Waals surface area contributed by atoms with E-state index in [4.69, 9.17) is 5.73 Å². The van der Waals surface area contributed by atoms with Gasteiger partial charge in [-0.05, 0) is 23.0 Å². The van der Waals surface area contributed by atoms with Crippen molar-refractivity contribution < 1.29 is 17.8 Å². The lowest BCUT2D eigenvalue weighted by Gasteiger charge is -2.20. The predicted octanol–water partition coefficient (Wildman–Crippen LogP) is 1.82. The second-order valence-electron chi connectivity index (χ2n) is 6.04. The molecular weight excluding hydrogens is 290 g/mol. The van der Waals surface area contributed by atoms with Gasteiger partial charge in [0.25, 0.3) is 10.1 Å². The van der Waals surface area contributed by atoms with Gasteiger partial charge in [0.15, 0.2) is 0 Å². The molecule has 0 radical (unpaired) electrons. The van der Waals surface area contributed by atoms with Gasteiger partial charge in [-0.25, -0.2) is 0 Å². The third-order valence-corrected chi connectivity index (χ3v) is 4.48. The molecule has 116 valence electrons. The van der Waals surface area contributed by atoms with E-state index in [-0.39, 0.29) is 17.4 Å². The van der Waals surface area contributed by atoms with Gasteiger partial charge in [-0.15, -0.1) is 0 Å². The SMILES string of the molecule is C=C(C(N)=O)C(Cc1ccc(C(C)(C)C)cc1)S(=O)(=O)O. The van der Waals surface area contributed by atoms with E-state index in [9.17, 15) is 17.8 Å². The van der Waals surface area contributed by atoms with Gasteiger partial charge in [-0.3, -0.25) is 9.35 Å². The molecule has 0 spiro atoms. The Labute approximate surface area is 125 Å². The molecule has 1 rings (SSSR count). The minimum Gasteiger partial charge on any atom is -0.366 e. The van der Waals surface area contributed by atoms with E-state index in [2.05, 4.69) is 27.4 Å². The monoisotopic (exact) mass is 311 g/mol. The number of nitrogens with two attached hydrogens (primary N) is 1. The molecule has 1 unspecified atom stereocenters. The number of rotatable bonds is 5. The van der Waals surface area contributed by atoms with E-state index in [0.717, 1.165) is 5.56 Å². The lowest BCUT2D eigenvalue weighted by molar-refractivity contribution is -0.114. The van der Waals surface area contributed by atoms with Crippen molar-refractivity contribution in [1.82, 2.24) is 0 Å². The Morgan fingerprint density at radius 3 is 2.10 bits per heavy atom. The highest BCUT2D eigenvalue weighted by Crippen LogP contribution is 2.23. The van der Waals surface area contributed by atoms with Gasteiger partial charge >= 0.3 is 0 Å².